The number of hydrogen-bond donors (Lipinski definition) is 0. The second-order valence-corrected chi connectivity index (χ2v) is 14.5. The van der Waals surface area contributed by atoms with Crippen LogP contribution in [0.25, 0.3) is 0 Å². The molecule has 3 rings (SSSR count). The molecule has 0 aliphatic heterocycles. The Balaban J connectivity index is 2.29. The largest absolute Gasteiger partial charge is 0.524 e. The fourth-order valence-corrected chi connectivity index (χ4v) is 7.98. The average molecular weight is 558 g/mol. The first-order chi connectivity index (χ1) is 16.9. The minimum Gasteiger partial charge on any atom is -0.488 e. The number of rotatable bonds is 7. The summed E-state index contributed by atoms with van der Waals surface area (Å²) in [5.41, 5.74) is -6.68. The molecule has 0 bridgehead atoms. The molecule has 0 aliphatic carbocycles. The second-order valence-electron chi connectivity index (χ2n) is 10.1. The van der Waals surface area contributed by atoms with Gasteiger partial charge in [-0.15, -0.1) is 0 Å². The van der Waals surface area contributed by atoms with Gasteiger partial charge < -0.3 is 9.47 Å². The lowest BCUT2D eigenvalue weighted by Gasteiger charge is -2.39. The molecule has 6 nitrogen and oxygen atoms in total. The van der Waals surface area contributed by atoms with E-state index in [9.17, 15) is 21.6 Å². The first-order valence-electron chi connectivity index (χ1n) is 11.3. The predicted octanol–water partition coefficient (Wildman–Crippen LogP) is 7.50. The van der Waals surface area contributed by atoms with Crippen molar-refractivity contribution in [2.75, 3.05) is 0 Å². The van der Waals surface area contributed by atoms with Gasteiger partial charge in [-0.25, -0.2) is 0 Å². The van der Waals surface area contributed by atoms with Crippen molar-refractivity contribution in [2.45, 2.75) is 72.9 Å². The monoisotopic (exact) mass is 557 g/mol. The summed E-state index contributed by atoms with van der Waals surface area (Å²) in [6, 6.07) is 15.3. The quantitative estimate of drug-likeness (QED) is 0.280. The number of pyridine rings is 1. The van der Waals surface area contributed by atoms with E-state index < -0.39 is 37.1 Å². The van der Waals surface area contributed by atoms with Crippen LogP contribution in [0, 0.1) is 0 Å². The van der Waals surface area contributed by atoms with E-state index in [-0.39, 0.29) is 14.7 Å². The van der Waals surface area contributed by atoms with Gasteiger partial charge in [0.25, 0.3) is 0 Å². The minimum atomic E-state index is -6.03. The zero-order valence-corrected chi connectivity index (χ0v) is 23.0. The SMILES string of the molecule is CC(C)(C)Oc1ccc(S(OS(=O)(=O)C(F)(F)F)(c2ccc(OC(C)(C)C)cc2)c2cccnc2)cc1. The molecular formula is C26H30F3NO5S2. The fourth-order valence-electron chi connectivity index (χ4n) is 3.32. The number of ether oxygens (including phenoxy) is 2. The van der Waals surface area contributed by atoms with Gasteiger partial charge in [0, 0.05) is 27.1 Å². The zero-order chi connectivity index (χ0) is 27.7. The topological polar surface area (TPSA) is 74.7 Å². The van der Waals surface area contributed by atoms with Crippen molar-refractivity contribution in [1.29, 1.82) is 0 Å². The maximum absolute atomic E-state index is 13.7. The van der Waals surface area contributed by atoms with Gasteiger partial charge in [0.2, 0.25) is 0 Å². The third-order valence-electron chi connectivity index (χ3n) is 4.60. The molecular weight excluding hydrogens is 527 g/mol. The molecule has 11 heteroatoms. The summed E-state index contributed by atoms with van der Waals surface area (Å²) >= 11 is 0. The molecule has 0 unspecified atom stereocenters. The molecule has 202 valence electrons. The molecule has 0 N–H and O–H groups in total. The number of alkyl halides is 3. The first kappa shape index (κ1) is 28.8. The molecule has 3 aromatic rings. The van der Waals surface area contributed by atoms with Gasteiger partial charge >= 0.3 is 15.6 Å². The van der Waals surface area contributed by atoms with Crippen LogP contribution in [-0.2, 0) is 13.7 Å². The summed E-state index contributed by atoms with van der Waals surface area (Å²) in [6.07, 6.45) is 2.74. The summed E-state index contributed by atoms with van der Waals surface area (Å²) < 4.78 is 82.9. The van der Waals surface area contributed by atoms with Crippen LogP contribution >= 0.6 is 10.3 Å². The van der Waals surface area contributed by atoms with E-state index in [0.29, 0.717) is 11.5 Å². The summed E-state index contributed by atoms with van der Waals surface area (Å²) in [5, 5.41) is 0. The van der Waals surface area contributed by atoms with Crippen LogP contribution in [-0.4, -0.2) is 30.1 Å². The molecule has 1 aromatic heterocycles. The molecule has 0 amide bonds. The van der Waals surface area contributed by atoms with Crippen molar-refractivity contribution in [2.24, 2.45) is 0 Å². The number of nitrogens with zero attached hydrogens (tertiary/aromatic N) is 1. The van der Waals surface area contributed by atoms with Crippen molar-refractivity contribution in [3.05, 3.63) is 73.1 Å². The van der Waals surface area contributed by atoms with E-state index in [0.717, 1.165) is 0 Å². The summed E-state index contributed by atoms with van der Waals surface area (Å²) in [4.78, 5) is 4.62. The van der Waals surface area contributed by atoms with Crippen molar-refractivity contribution < 1.29 is 34.7 Å². The first-order valence-corrected chi connectivity index (χ1v) is 14.2. The van der Waals surface area contributed by atoms with Crippen molar-refractivity contribution >= 4 is 20.4 Å². The van der Waals surface area contributed by atoms with Crippen LogP contribution in [0.15, 0.2) is 87.7 Å². The van der Waals surface area contributed by atoms with E-state index >= 15 is 0 Å². The van der Waals surface area contributed by atoms with E-state index in [2.05, 4.69) is 4.98 Å². The number of aromatic nitrogens is 1. The summed E-state index contributed by atoms with van der Waals surface area (Å²) in [5.74, 6) is 0.923. The van der Waals surface area contributed by atoms with Gasteiger partial charge in [-0.2, -0.15) is 25.2 Å². The molecule has 1 heterocycles. The van der Waals surface area contributed by atoms with Crippen molar-refractivity contribution in [1.82, 2.24) is 4.98 Å². The Morgan fingerprint density at radius 3 is 1.43 bits per heavy atom. The van der Waals surface area contributed by atoms with Gasteiger partial charge in [-0.05, 0) is 113 Å². The molecule has 0 radical (unpaired) electrons. The van der Waals surface area contributed by atoms with Gasteiger partial charge in [-0.1, -0.05) is 0 Å². The van der Waals surface area contributed by atoms with Crippen molar-refractivity contribution in [3.8, 4) is 11.5 Å². The maximum Gasteiger partial charge on any atom is 0.524 e. The zero-order valence-electron chi connectivity index (χ0n) is 21.4. The van der Waals surface area contributed by atoms with Crippen LogP contribution < -0.4 is 9.47 Å². The third kappa shape index (κ3) is 6.97. The lowest BCUT2D eigenvalue weighted by atomic mass is 10.2. The lowest BCUT2D eigenvalue weighted by molar-refractivity contribution is -0.0496. The Morgan fingerprint density at radius 2 is 1.11 bits per heavy atom. The van der Waals surface area contributed by atoms with E-state index in [4.69, 9.17) is 13.1 Å². The molecule has 37 heavy (non-hydrogen) atoms. The Hall–Kier alpha value is -2.76. The normalized spacial score (nSPS) is 13.8. The van der Waals surface area contributed by atoms with Crippen LogP contribution in [0.1, 0.15) is 41.5 Å². The van der Waals surface area contributed by atoms with Gasteiger partial charge in [0.1, 0.15) is 22.7 Å². The fraction of sp³-hybridized carbons (Fsp3) is 0.346. The molecule has 2 aromatic carbocycles. The maximum atomic E-state index is 13.7. The van der Waals surface area contributed by atoms with Crippen LogP contribution in [0.5, 0.6) is 11.5 Å². The minimum absolute atomic E-state index is 0.164. The van der Waals surface area contributed by atoms with Crippen LogP contribution in [0.3, 0.4) is 0 Å². The van der Waals surface area contributed by atoms with E-state index in [1.54, 1.807) is 24.3 Å². The lowest BCUT2D eigenvalue weighted by Crippen LogP contribution is -2.27. The smallest absolute Gasteiger partial charge is 0.488 e. The Kier molecular flexibility index (Phi) is 7.93. The van der Waals surface area contributed by atoms with Gasteiger partial charge in [-0.3, -0.25) is 4.98 Å². The Morgan fingerprint density at radius 1 is 0.676 bits per heavy atom. The molecule has 0 saturated heterocycles. The predicted molar refractivity (Wildman–Crippen MR) is 136 cm³/mol. The van der Waals surface area contributed by atoms with Gasteiger partial charge in [0.05, 0.1) is 0 Å². The highest BCUT2D eigenvalue weighted by molar-refractivity contribution is 8.33. The highest BCUT2D eigenvalue weighted by Gasteiger charge is 2.52. The number of benzene rings is 2. The second kappa shape index (κ2) is 10.2. The number of hydrogen-bond acceptors (Lipinski definition) is 6. The highest BCUT2D eigenvalue weighted by Crippen LogP contribution is 2.70. The molecule has 0 saturated carbocycles. The molecule has 0 atom stereocenters. The standard InChI is InChI=1S/C26H30F3NO5S2/c1-24(2,3)33-19-9-13-21(14-10-19)36(23-8-7-17-30-18-23,35-37(31,32)26(27,28)29)22-15-11-20(12-16-22)34-25(4,5)6/h7-18H,1-6H3. The Labute approximate surface area is 217 Å². The summed E-state index contributed by atoms with van der Waals surface area (Å²) in [6.45, 7) is 11.1. The summed E-state index contributed by atoms with van der Waals surface area (Å²) in [7, 11) is -9.51. The average Bonchev–Trinajstić information content (AvgIpc) is 2.76. The van der Waals surface area contributed by atoms with E-state index in [1.807, 2.05) is 41.5 Å². The van der Waals surface area contributed by atoms with Gasteiger partial charge in [0.15, 0.2) is 0 Å². The third-order valence-corrected chi connectivity index (χ3v) is 9.48. The molecule has 0 aliphatic rings. The van der Waals surface area contributed by atoms with Crippen LogP contribution in [0.4, 0.5) is 13.2 Å². The molecule has 0 fully saturated rings. The molecule has 0 spiro atoms. The number of halogens is 3. The highest BCUT2D eigenvalue weighted by atomic mass is 32.3. The van der Waals surface area contributed by atoms with Crippen LogP contribution in [0.2, 0.25) is 0 Å². The Bertz CT molecular complexity index is 1240. The van der Waals surface area contributed by atoms with Crippen molar-refractivity contribution in [3.63, 3.8) is 0 Å². The van der Waals surface area contributed by atoms with E-state index in [1.165, 1.54) is 48.8 Å².